The lowest BCUT2D eigenvalue weighted by atomic mass is 9.97. The van der Waals surface area contributed by atoms with Crippen LogP contribution < -0.4 is 5.32 Å². The Bertz CT molecular complexity index is 1930. The van der Waals surface area contributed by atoms with Crippen LogP contribution in [-0.4, -0.2) is 140 Å². The molecule has 0 radical (unpaired) electrons. The maximum atomic E-state index is 13.4. The minimum Gasteiger partial charge on any atom is -0.394 e. The molecule has 93 heavy (non-hydrogen) atoms. The van der Waals surface area contributed by atoms with Crippen molar-refractivity contribution in [2.24, 2.45) is 0 Å². The van der Waals surface area contributed by atoms with Crippen molar-refractivity contribution < 1.29 is 64.6 Å². The number of aliphatic hydroxyl groups is 8. The summed E-state index contributed by atoms with van der Waals surface area (Å²) in [5.41, 5.74) is 0. The SMILES string of the molecule is CC/C=C\C/C=C\C/C=C\C/C=C\C/C=C\C/C=C\C/C=C\C/C=C\CCCCCCCCCCC(=O)NC(COC1OC(CO)C(OC2OC(CO)C(O)C(O)C2O)C(O)C1O)C(O)CCCCCCCCCCCCCCCCCCCCCCCCCCCC. The number of nitrogens with one attached hydrogen (secondary N) is 1. The molecule has 0 saturated carbocycles. The maximum absolute atomic E-state index is 13.4. The van der Waals surface area contributed by atoms with Gasteiger partial charge >= 0.3 is 0 Å². The van der Waals surface area contributed by atoms with Crippen LogP contribution in [0, 0.1) is 0 Å². The van der Waals surface area contributed by atoms with Gasteiger partial charge in [0.1, 0.15) is 48.8 Å². The van der Waals surface area contributed by atoms with E-state index in [1.165, 1.54) is 167 Å². The van der Waals surface area contributed by atoms with Gasteiger partial charge in [0.25, 0.3) is 0 Å². The number of unbranched alkanes of at least 4 members (excludes halogenated alkanes) is 33. The zero-order chi connectivity index (χ0) is 67.3. The lowest BCUT2D eigenvalue weighted by Gasteiger charge is -2.46. The van der Waals surface area contributed by atoms with Crippen molar-refractivity contribution >= 4 is 5.91 Å². The molecule has 0 bridgehead atoms. The normalized spacial score (nSPS) is 23.1. The number of carbonyl (C=O) groups excluding carboxylic acids is 1. The number of allylic oxidation sites excluding steroid dienone is 16. The van der Waals surface area contributed by atoms with E-state index in [-0.39, 0.29) is 18.9 Å². The van der Waals surface area contributed by atoms with Gasteiger partial charge in [-0.2, -0.15) is 0 Å². The van der Waals surface area contributed by atoms with E-state index in [2.05, 4.69) is 116 Å². The van der Waals surface area contributed by atoms with Gasteiger partial charge in [0.15, 0.2) is 12.6 Å². The van der Waals surface area contributed by atoms with Crippen molar-refractivity contribution in [1.29, 1.82) is 0 Å². The molecule has 2 aliphatic rings. The van der Waals surface area contributed by atoms with Gasteiger partial charge in [-0.15, -0.1) is 0 Å². The first-order chi connectivity index (χ1) is 45.6. The van der Waals surface area contributed by atoms with Gasteiger partial charge in [-0.1, -0.05) is 317 Å². The van der Waals surface area contributed by atoms with Crippen molar-refractivity contribution in [3.8, 4) is 0 Å². The topological polar surface area (TPSA) is 228 Å². The van der Waals surface area contributed by atoms with Crippen molar-refractivity contribution in [3.05, 3.63) is 97.2 Å². The fourth-order valence-electron chi connectivity index (χ4n) is 12.1. The van der Waals surface area contributed by atoms with E-state index >= 15 is 0 Å². The molecular weight excluding hydrogens is 1170 g/mol. The van der Waals surface area contributed by atoms with Crippen LogP contribution in [0.3, 0.4) is 0 Å². The predicted octanol–water partition coefficient (Wildman–Crippen LogP) is 16.5. The second-order valence-corrected chi connectivity index (χ2v) is 26.4. The number of aliphatic hydroxyl groups excluding tert-OH is 8. The molecule has 538 valence electrons. The summed E-state index contributed by atoms with van der Waals surface area (Å²) in [5.74, 6) is -0.215. The molecular formula is C79H139NO13. The fraction of sp³-hybridized carbons (Fsp3) is 0.785. The zero-order valence-corrected chi connectivity index (χ0v) is 58.7. The summed E-state index contributed by atoms with van der Waals surface area (Å²) in [4.78, 5) is 13.4. The maximum Gasteiger partial charge on any atom is 0.220 e. The van der Waals surface area contributed by atoms with Gasteiger partial charge in [-0.25, -0.2) is 0 Å². The van der Waals surface area contributed by atoms with Crippen molar-refractivity contribution in [2.45, 2.75) is 376 Å². The molecule has 14 nitrogen and oxygen atoms in total. The molecule has 1 amide bonds. The Labute approximate surface area is 566 Å². The molecule has 2 heterocycles. The second kappa shape index (κ2) is 62.4. The van der Waals surface area contributed by atoms with Gasteiger partial charge in [-0.05, 0) is 77.0 Å². The number of hydrogen-bond acceptors (Lipinski definition) is 13. The van der Waals surface area contributed by atoms with Crippen LogP contribution in [0.15, 0.2) is 97.2 Å². The third-order valence-corrected chi connectivity index (χ3v) is 18.1. The lowest BCUT2D eigenvalue weighted by molar-refractivity contribution is -0.359. The van der Waals surface area contributed by atoms with Gasteiger partial charge in [0.2, 0.25) is 5.91 Å². The molecule has 0 spiro atoms. The summed E-state index contributed by atoms with van der Waals surface area (Å²) in [6.07, 6.45) is 71.3. The van der Waals surface area contributed by atoms with Crippen LogP contribution in [0.1, 0.15) is 303 Å². The molecule has 2 saturated heterocycles. The number of ether oxygens (including phenoxy) is 4. The van der Waals surface area contributed by atoms with E-state index in [0.717, 1.165) is 103 Å². The standard InChI is InChI=1S/C79H139NO13/c1-3-5-7-9-11-13-15-17-19-21-23-25-27-29-31-32-33-34-35-36-37-39-41-43-45-47-49-51-53-55-57-59-61-63-71(84)80-67(66-90-78-76(89)74(87)77(70(65-82)92-78)93-79-75(88)73(86)72(85)69(64-81)91-79)68(83)62-60-58-56-54-52-50-48-46-44-42-40-38-30-28-26-24-22-20-18-16-14-12-10-8-6-4-2/h5,7,11,13,17,19,23,25,29,31,33-34,36-37,41,43,67-70,72-79,81-83,85-89H,3-4,6,8-10,12,14-16,18,20-22,24,26-28,30,32,35,38-40,42,44-66H2,1-2H3,(H,80,84)/b7-5-,13-11-,19-17-,25-23-,31-29-,34-33-,37-36-,43-41-. The highest BCUT2D eigenvalue weighted by atomic mass is 16.7. The number of hydrogen-bond donors (Lipinski definition) is 9. The Morgan fingerprint density at radius 1 is 0.398 bits per heavy atom. The molecule has 0 aromatic rings. The van der Waals surface area contributed by atoms with Crippen LogP contribution in [-0.2, 0) is 23.7 Å². The Morgan fingerprint density at radius 2 is 0.742 bits per heavy atom. The molecule has 14 heteroatoms. The van der Waals surface area contributed by atoms with Gasteiger partial charge in [0.05, 0.1) is 32.0 Å². The first-order valence-electron chi connectivity index (χ1n) is 38.0. The minimum absolute atomic E-state index is 0.215. The van der Waals surface area contributed by atoms with Gasteiger partial charge in [0, 0.05) is 6.42 Å². The quantitative estimate of drug-likeness (QED) is 0.0204. The highest BCUT2D eigenvalue weighted by molar-refractivity contribution is 5.76. The van der Waals surface area contributed by atoms with Gasteiger partial charge < -0.3 is 65.1 Å². The Hall–Kier alpha value is -3.09. The summed E-state index contributed by atoms with van der Waals surface area (Å²) < 4.78 is 23.0. The largest absolute Gasteiger partial charge is 0.394 e. The van der Waals surface area contributed by atoms with E-state index < -0.39 is 86.8 Å². The summed E-state index contributed by atoms with van der Waals surface area (Å²) >= 11 is 0. The molecule has 0 aromatic heterocycles. The van der Waals surface area contributed by atoms with Crippen molar-refractivity contribution in [1.82, 2.24) is 5.32 Å². The summed E-state index contributed by atoms with van der Waals surface area (Å²) in [6.45, 7) is 2.78. The Balaban J connectivity index is 1.65. The molecule has 0 aromatic carbocycles. The predicted molar refractivity (Wildman–Crippen MR) is 383 cm³/mol. The van der Waals surface area contributed by atoms with Gasteiger partial charge in [-0.3, -0.25) is 4.79 Å². The number of rotatable bonds is 62. The third kappa shape index (κ3) is 45.9. The third-order valence-electron chi connectivity index (χ3n) is 18.1. The Morgan fingerprint density at radius 3 is 1.14 bits per heavy atom. The summed E-state index contributed by atoms with van der Waals surface area (Å²) in [6, 6.07) is -0.842. The average molecular weight is 1310 g/mol. The fourth-order valence-corrected chi connectivity index (χ4v) is 12.1. The van der Waals surface area contributed by atoms with E-state index in [9.17, 15) is 45.6 Å². The summed E-state index contributed by atoms with van der Waals surface area (Å²) in [5, 5.41) is 87.8. The highest BCUT2D eigenvalue weighted by Crippen LogP contribution is 2.30. The van der Waals surface area contributed by atoms with Crippen LogP contribution in [0.5, 0.6) is 0 Å². The molecule has 2 rings (SSSR count). The van der Waals surface area contributed by atoms with Crippen LogP contribution in [0.4, 0.5) is 0 Å². The first kappa shape index (κ1) is 86.0. The van der Waals surface area contributed by atoms with Crippen LogP contribution >= 0.6 is 0 Å². The molecule has 12 unspecified atom stereocenters. The number of carbonyl (C=O) groups is 1. The van der Waals surface area contributed by atoms with E-state index in [4.69, 9.17) is 18.9 Å². The Kier molecular flexibility index (Phi) is 57.7. The van der Waals surface area contributed by atoms with E-state index in [0.29, 0.717) is 12.8 Å². The van der Waals surface area contributed by atoms with Crippen LogP contribution in [0.25, 0.3) is 0 Å². The molecule has 2 aliphatic heterocycles. The minimum atomic E-state index is -1.79. The lowest BCUT2D eigenvalue weighted by Crippen LogP contribution is -2.65. The molecule has 9 N–H and O–H groups in total. The molecule has 12 atom stereocenters. The van der Waals surface area contributed by atoms with Crippen LogP contribution in [0.2, 0.25) is 0 Å². The number of amides is 1. The second-order valence-electron chi connectivity index (χ2n) is 26.4. The monoisotopic (exact) mass is 1310 g/mol. The van der Waals surface area contributed by atoms with E-state index in [1.54, 1.807) is 0 Å². The molecule has 2 fully saturated rings. The first-order valence-corrected chi connectivity index (χ1v) is 38.0. The summed E-state index contributed by atoms with van der Waals surface area (Å²) in [7, 11) is 0. The molecule has 0 aliphatic carbocycles. The highest BCUT2D eigenvalue weighted by Gasteiger charge is 2.51. The smallest absolute Gasteiger partial charge is 0.220 e. The van der Waals surface area contributed by atoms with Crippen molar-refractivity contribution in [3.63, 3.8) is 0 Å². The zero-order valence-electron chi connectivity index (χ0n) is 58.7. The van der Waals surface area contributed by atoms with Crippen molar-refractivity contribution in [2.75, 3.05) is 19.8 Å². The van der Waals surface area contributed by atoms with E-state index in [1.807, 2.05) is 0 Å². The average Bonchev–Trinajstić information content (AvgIpc) is 0.852.